The standard InChI is InChI=1S/C18H23N5O4S/c1-22-11-9-16(21-22)18(25)20-15-7-5-14(6-8-15)19-17(24)13-4-3-10-23(12-13)28(2,26)27/h5-9,11,13H,3-4,10,12H2,1-2H3,(H,19,24)(H,20,25)/t13-/m1/s1. The Morgan fingerprint density at radius 3 is 2.32 bits per heavy atom. The van der Waals surface area contributed by atoms with Crippen molar-refractivity contribution in [1.29, 1.82) is 0 Å². The number of benzene rings is 1. The number of nitrogens with zero attached hydrogens (tertiary/aromatic N) is 3. The average Bonchev–Trinajstić information content (AvgIpc) is 3.09. The first-order valence-electron chi connectivity index (χ1n) is 8.89. The third-order valence-electron chi connectivity index (χ3n) is 4.58. The van der Waals surface area contributed by atoms with Crippen LogP contribution in [0, 0.1) is 5.92 Å². The number of anilines is 2. The number of piperidine rings is 1. The Morgan fingerprint density at radius 2 is 1.75 bits per heavy atom. The summed E-state index contributed by atoms with van der Waals surface area (Å²) in [6, 6.07) is 8.35. The summed E-state index contributed by atoms with van der Waals surface area (Å²) in [7, 11) is -1.57. The van der Waals surface area contributed by atoms with Crippen LogP contribution in [0.1, 0.15) is 23.3 Å². The van der Waals surface area contributed by atoms with Crippen molar-refractivity contribution in [2.75, 3.05) is 30.0 Å². The molecule has 9 nitrogen and oxygen atoms in total. The zero-order valence-electron chi connectivity index (χ0n) is 15.8. The van der Waals surface area contributed by atoms with Crippen molar-refractivity contribution in [2.45, 2.75) is 12.8 Å². The second-order valence-corrected chi connectivity index (χ2v) is 8.84. The lowest BCUT2D eigenvalue weighted by molar-refractivity contribution is -0.120. The molecule has 0 saturated carbocycles. The molecule has 150 valence electrons. The van der Waals surface area contributed by atoms with Crippen molar-refractivity contribution in [2.24, 2.45) is 13.0 Å². The van der Waals surface area contributed by atoms with Crippen LogP contribution in [0.3, 0.4) is 0 Å². The minimum absolute atomic E-state index is 0.197. The van der Waals surface area contributed by atoms with Gasteiger partial charge in [-0.2, -0.15) is 5.10 Å². The van der Waals surface area contributed by atoms with Gasteiger partial charge in [-0.15, -0.1) is 0 Å². The summed E-state index contributed by atoms with van der Waals surface area (Å²) in [5, 5.41) is 9.59. The summed E-state index contributed by atoms with van der Waals surface area (Å²) < 4.78 is 26.3. The van der Waals surface area contributed by atoms with Gasteiger partial charge in [-0.1, -0.05) is 0 Å². The van der Waals surface area contributed by atoms with Crippen LogP contribution in [0.4, 0.5) is 11.4 Å². The number of hydrogen-bond donors (Lipinski definition) is 2. The van der Waals surface area contributed by atoms with Gasteiger partial charge in [0, 0.05) is 37.7 Å². The summed E-state index contributed by atoms with van der Waals surface area (Å²) in [5.74, 6) is -0.911. The maximum atomic E-state index is 12.5. The first-order valence-corrected chi connectivity index (χ1v) is 10.7. The molecule has 1 aliphatic rings. The quantitative estimate of drug-likeness (QED) is 0.778. The topological polar surface area (TPSA) is 113 Å². The van der Waals surface area contributed by atoms with E-state index in [2.05, 4.69) is 15.7 Å². The van der Waals surface area contributed by atoms with Crippen molar-refractivity contribution in [3.05, 3.63) is 42.2 Å². The van der Waals surface area contributed by atoms with Crippen molar-refractivity contribution in [3.63, 3.8) is 0 Å². The van der Waals surface area contributed by atoms with Gasteiger partial charge >= 0.3 is 0 Å². The molecule has 0 unspecified atom stereocenters. The lowest BCUT2D eigenvalue weighted by Gasteiger charge is -2.30. The predicted molar refractivity (Wildman–Crippen MR) is 105 cm³/mol. The van der Waals surface area contributed by atoms with Crippen molar-refractivity contribution >= 4 is 33.2 Å². The Balaban J connectivity index is 1.58. The van der Waals surface area contributed by atoms with Crippen molar-refractivity contribution in [1.82, 2.24) is 14.1 Å². The van der Waals surface area contributed by atoms with E-state index in [4.69, 9.17) is 0 Å². The molecule has 1 saturated heterocycles. The summed E-state index contributed by atoms with van der Waals surface area (Å²) in [6.07, 6.45) is 4.15. The molecule has 28 heavy (non-hydrogen) atoms. The molecular weight excluding hydrogens is 382 g/mol. The molecular formula is C18H23N5O4S. The van der Waals surface area contributed by atoms with Crippen LogP contribution in [0.15, 0.2) is 36.5 Å². The van der Waals surface area contributed by atoms with E-state index in [-0.39, 0.29) is 24.3 Å². The number of carbonyl (C=O) groups is 2. The van der Waals surface area contributed by atoms with E-state index in [1.54, 1.807) is 48.3 Å². The van der Waals surface area contributed by atoms with Crippen molar-refractivity contribution in [3.8, 4) is 0 Å². The van der Waals surface area contributed by atoms with E-state index in [0.717, 1.165) is 6.26 Å². The number of rotatable bonds is 5. The molecule has 0 aliphatic carbocycles. The minimum atomic E-state index is -3.30. The van der Waals surface area contributed by atoms with Gasteiger partial charge in [-0.25, -0.2) is 12.7 Å². The molecule has 3 rings (SSSR count). The largest absolute Gasteiger partial charge is 0.326 e. The zero-order chi connectivity index (χ0) is 20.3. The van der Waals surface area contributed by atoms with E-state index < -0.39 is 10.0 Å². The highest BCUT2D eigenvalue weighted by atomic mass is 32.2. The summed E-state index contributed by atoms with van der Waals surface area (Å²) in [4.78, 5) is 24.6. The first-order chi connectivity index (χ1) is 13.2. The molecule has 2 N–H and O–H groups in total. The van der Waals surface area contributed by atoms with Gasteiger partial charge in [0.15, 0.2) is 5.69 Å². The molecule has 0 bridgehead atoms. The molecule has 2 amide bonds. The average molecular weight is 405 g/mol. The van der Waals surface area contributed by atoms with Crippen LogP contribution in [-0.4, -0.2) is 53.7 Å². The van der Waals surface area contributed by atoms with E-state index >= 15 is 0 Å². The highest BCUT2D eigenvalue weighted by Crippen LogP contribution is 2.21. The molecule has 0 spiro atoms. The predicted octanol–water partition coefficient (Wildman–Crippen LogP) is 1.28. The first kappa shape index (κ1) is 20.0. The monoisotopic (exact) mass is 405 g/mol. The van der Waals surface area contributed by atoms with Crippen LogP contribution < -0.4 is 10.6 Å². The number of sulfonamides is 1. The third-order valence-corrected chi connectivity index (χ3v) is 5.85. The number of amides is 2. The third kappa shape index (κ3) is 4.96. The van der Waals surface area contributed by atoms with Gasteiger partial charge in [0.25, 0.3) is 5.91 Å². The number of aromatic nitrogens is 2. The second kappa shape index (κ2) is 8.11. The van der Waals surface area contributed by atoms with Gasteiger partial charge < -0.3 is 10.6 Å². The fraction of sp³-hybridized carbons (Fsp3) is 0.389. The second-order valence-electron chi connectivity index (χ2n) is 6.86. The van der Waals surface area contributed by atoms with Crippen LogP contribution in [-0.2, 0) is 21.9 Å². The molecule has 1 aromatic heterocycles. The van der Waals surface area contributed by atoms with Crippen molar-refractivity contribution < 1.29 is 18.0 Å². The van der Waals surface area contributed by atoms with Gasteiger partial charge in [-0.05, 0) is 43.2 Å². The fourth-order valence-corrected chi connectivity index (χ4v) is 3.98. The maximum Gasteiger partial charge on any atom is 0.276 e. The number of aryl methyl sites for hydroxylation is 1. The van der Waals surface area contributed by atoms with Crippen LogP contribution in [0.25, 0.3) is 0 Å². The van der Waals surface area contributed by atoms with Gasteiger partial charge in [0.1, 0.15) is 0 Å². The molecule has 2 aromatic rings. The van der Waals surface area contributed by atoms with E-state index in [1.807, 2.05) is 0 Å². The van der Waals surface area contributed by atoms with Crippen LogP contribution in [0.2, 0.25) is 0 Å². The van der Waals surface area contributed by atoms with Gasteiger partial charge in [-0.3, -0.25) is 14.3 Å². The fourth-order valence-electron chi connectivity index (χ4n) is 3.07. The van der Waals surface area contributed by atoms with E-state index in [9.17, 15) is 18.0 Å². The summed E-state index contributed by atoms with van der Waals surface area (Å²) >= 11 is 0. The lowest BCUT2D eigenvalue weighted by Crippen LogP contribution is -2.43. The molecule has 1 aromatic carbocycles. The molecule has 10 heteroatoms. The minimum Gasteiger partial charge on any atom is -0.326 e. The van der Waals surface area contributed by atoms with E-state index in [1.165, 1.54) is 4.31 Å². The number of nitrogens with one attached hydrogen (secondary N) is 2. The summed E-state index contributed by atoms with van der Waals surface area (Å²) in [5.41, 5.74) is 1.47. The molecule has 1 atom stereocenters. The SMILES string of the molecule is Cn1ccc(C(=O)Nc2ccc(NC(=O)[C@@H]3CCCN(S(C)(=O)=O)C3)cc2)n1. The highest BCUT2D eigenvalue weighted by molar-refractivity contribution is 7.88. The Morgan fingerprint density at radius 1 is 1.11 bits per heavy atom. The van der Waals surface area contributed by atoms with Crippen LogP contribution in [0.5, 0.6) is 0 Å². The lowest BCUT2D eigenvalue weighted by atomic mass is 9.98. The Kier molecular flexibility index (Phi) is 5.80. The smallest absolute Gasteiger partial charge is 0.276 e. The zero-order valence-corrected chi connectivity index (χ0v) is 16.6. The van der Waals surface area contributed by atoms with Gasteiger partial charge in [0.2, 0.25) is 15.9 Å². The van der Waals surface area contributed by atoms with Crippen LogP contribution >= 0.6 is 0 Å². The number of hydrogen-bond acceptors (Lipinski definition) is 5. The molecule has 1 aliphatic heterocycles. The molecule has 1 fully saturated rings. The molecule has 0 radical (unpaired) electrons. The normalized spacial score (nSPS) is 17.9. The Bertz CT molecular complexity index is 968. The Labute approximate surface area is 163 Å². The van der Waals surface area contributed by atoms with E-state index in [0.29, 0.717) is 36.5 Å². The Hall–Kier alpha value is -2.72. The van der Waals surface area contributed by atoms with Gasteiger partial charge in [0.05, 0.1) is 12.2 Å². The summed E-state index contributed by atoms with van der Waals surface area (Å²) in [6.45, 7) is 0.649. The maximum absolute atomic E-state index is 12.5. The highest BCUT2D eigenvalue weighted by Gasteiger charge is 2.30. The number of carbonyl (C=O) groups excluding carboxylic acids is 2. The molecule has 2 heterocycles.